The highest BCUT2D eigenvalue weighted by Gasteiger charge is 2.38. The maximum absolute atomic E-state index is 13.2. The van der Waals surface area contributed by atoms with Gasteiger partial charge < -0.3 is 4.90 Å². The quantitative estimate of drug-likeness (QED) is 0.832. The first-order valence-electron chi connectivity index (χ1n) is 8.77. The fraction of sp³-hybridized carbons (Fsp3) is 0.647. The molecule has 2 heterocycles. The molecule has 134 valence electrons. The third-order valence-electron chi connectivity index (χ3n) is 5.11. The van der Waals surface area contributed by atoms with Gasteiger partial charge in [0.2, 0.25) is 0 Å². The van der Waals surface area contributed by atoms with Crippen LogP contribution in [0.5, 0.6) is 0 Å². The predicted molar refractivity (Wildman–Crippen MR) is 92.3 cm³/mol. The molecule has 2 aliphatic rings. The molecule has 2 aliphatic heterocycles. The van der Waals surface area contributed by atoms with Crippen molar-refractivity contribution >= 4 is 10.2 Å². The minimum Gasteiger partial charge on any atom is -0.301 e. The molecule has 0 bridgehead atoms. The summed E-state index contributed by atoms with van der Waals surface area (Å²) in [4.78, 5) is 2.26. The van der Waals surface area contributed by atoms with Gasteiger partial charge in [-0.2, -0.15) is 17.0 Å². The van der Waals surface area contributed by atoms with E-state index in [0.29, 0.717) is 19.6 Å². The highest BCUT2D eigenvalue weighted by atomic mass is 32.2. The second-order valence-corrected chi connectivity index (χ2v) is 8.40. The first-order valence-corrected chi connectivity index (χ1v) is 10.2. The molecule has 0 radical (unpaired) electrons. The third-order valence-corrected chi connectivity index (χ3v) is 7.16. The van der Waals surface area contributed by atoms with Crippen LogP contribution in [-0.4, -0.2) is 61.2 Å². The van der Waals surface area contributed by atoms with E-state index in [1.807, 2.05) is 0 Å². The van der Waals surface area contributed by atoms with Crippen molar-refractivity contribution in [2.75, 3.05) is 39.3 Å². The van der Waals surface area contributed by atoms with Gasteiger partial charge in [-0.3, -0.25) is 0 Å². The van der Waals surface area contributed by atoms with Gasteiger partial charge in [-0.15, -0.1) is 0 Å². The fourth-order valence-corrected chi connectivity index (χ4v) is 5.45. The summed E-state index contributed by atoms with van der Waals surface area (Å²) in [5.74, 6) is -0.292. The van der Waals surface area contributed by atoms with Gasteiger partial charge in [-0.05, 0) is 37.1 Å². The summed E-state index contributed by atoms with van der Waals surface area (Å²) in [7, 11) is -3.48. The second-order valence-electron chi connectivity index (χ2n) is 6.51. The van der Waals surface area contributed by atoms with Crippen LogP contribution in [0.2, 0.25) is 0 Å². The van der Waals surface area contributed by atoms with E-state index < -0.39 is 10.2 Å². The molecule has 3 rings (SSSR count). The lowest BCUT2D eigenvalue weighted by atomic mass is 9.97. The molecule has 7 heteroatoms. The van der Waals surface area contributed by atoms with Gasteiger partial charge in [-0.25, -0.2) is 4.39 Å². The summed E-state index contributed by atoms with van der Waals surface area (Å²) in [5.41, 5.74) is 0.881. The maximum atomic E-state index is 13.2. The molecule has 0 saturated carbocycles. The lowest BCUT2D eigenvalue weighted by molar-refractivity contribution is 0.175. The van der Waals surface area contributed by atoms with Crippen LogP contribution in [-0.2, 0) is 10.2 Å². The summed E-state index contributed by atoms with van der Waals surface area (Å²) >= 11 is 0. The van der Waals surface area contributed by atoms with E-state index in [4.69, 9.17) is 0 Å². The Morgan fingerprint density at radius 1 is 1.04 bits per heavy atom. The predicted octanol–water partition coefficient (Wildman–Crippen LogP) is 2.24. The van der Waals surface area contributed by atoms with Crippen LogP contribution in [0, 0.1) is 5.82 Å². The molecule has 2 saturated heterocycles. The average Bonchev–Trinajstić information content (AvgIpc) is 2.62. The van der Waals surface area contributed by atoms with Gasteiger partial charge in [0.05, 0.1) is 6.04 Å². The number of nitrogens with zero attached hydrogens (tertiary/aromatic N) is 3. The van der Waals surface area contributed by atoms with Crippen LogP contribution in [0.4, 0.5) is 4.39 Å². The standard InChI is InChI=1S/C17H26FN3O2S/c1-2-19-11-13-20(14-12-19)24(22,23)21-10-4-3-5-17(21)15-6-8-16(18)9-7-15/h6-9,17H,2-5,10-14H2,1H3/t17-/m0/s1. The molecule has 0 aliphatic carbocycles. The Labute approximate surface area is 144 Å². The molecule has 0 amide bonds. The van der Waals surface area contributed by atoms with E-state index in [0.717, 1.165) is 44.5 Å². The number of halogens is 1. The highest BCUT2D eigenvalue weighted by Crippen LogP contribution is 2.34. The van der Waals surface area contributed by atoms with Crippen molar-refractivity contribution < 1.29 is 12.8 Å². The highest BCUT2D eigenvalue weighted by molar-refractivity contribution is 7.86. The summed E-state index contributed by atoms with van der Waals surface area (Å²) < 4.78 is 42.7. The minimum atomic E-state index is -3.48. The Kier molecular flexibility index (Phi) is 5.54. The SMILES string of the molecule is CCN1CCN(S(=O)(=O)N2CCCC[C@H]2c2ccc(F)cc2)CC1. The molecular formula is C17H26FN3O2S. The summed E-state index contributed by atoms with van der Waals surface area (Å²) in [6.07, 6.45) is 2.67. The van der Waals surface area contributed by atoms with E-state index in [-0.39, 0.29) is 11.9 Å². The smallest absolute Gasteiger partial charge is 0.282 e. The largest absolute Gasteiger partial charge is 0.301 e. The fourth-order valence-electron chi connectivity index (χ4n) is 3.62. The lowest BCUT2D eigenvalue weighted by Gasteiger charge is -2.41. The zero-order valence-corrected chi connectivity index (χ0v) is 15.0. The number of benzene rings is 1. The van der Waals surface area contributed by atoms with E-state index in [2.05, 4.69) is 11.8 Å². The normalized spacial score (nSPS) is 25.0. The van der Waals surface area contributed by atoms with Crippen molar-refractivity contribution in [3.05, 3.63) is 35.6 Å². The van der Waals surface area contributed by atoms with Crippen LogP contribution in [0.3, 0.4) is 0 Å². The van der Waals surface area contributed by atoms with Gasteiger partial charge in [0.1, 0.15) is 5.82 Å². The monoisotopic (exact) mass is 355 g/mol. The Morgan fingerprint density at radius 2 is 1.71 bits per heavy atom. The molecule has 2 fully saturated rings. The number of hydrogen-bond donors (Lipinski definition) is 0. The van der Waals surface area contributed by atoms with E-state index in [9.17, 15) is 12.8 Å². The molecule has 24 heavy (non-hydrogen) atoms. The van der Waals surface area contributed by atoms with Gasteiger partial charge in [-0.1, -0.05) is 25.5 Å². The van der Waals surface area contributed by atoms with E-state index in [1.54, 1.807) is 20.7 Å². The molecule has 0 aromatic heterocycles. The number of rotatable bonds is 4. The molecule has 0 unspecified atom stereocenters. The Hall–Kier alpha value is -1.02. The summed E-state index contributed by atoms with van der Waals surface area (Å²) in [6.45, 7) is 6.24. The third kappa shape index (κ3) is 3.64. The molecule has 5 nitrogen and oxygen atoms in total. The number of hydrogen-bond acceptors (Lipinski definition) is 3. The number of piperidine rings is 1. The van der Waals surface area contributed by atoms with Gasteiger partial charge in [0, 0.05) is 32.7 Å². The Balaban J connectivity index is 1.80. The van der Waals surface area contributed by atoms with Gasteiger partial charge in [0.25, 0.3) is 10.2 Å². The van der Waals surface area contributed by atoms with Crippen molar-refractivity contribution in [3.63, 3.8) is 0 Å². The zero-order chi connectivity index (χ0) is 17.2. The first-order chi connectivity index (χ1) is 11.5. The van der Waals surface area contributed by atoms with Crippen molar-refractivity contribution in [2.24, 2.45) is 0 Å². The Bertz CT molecular complexity index is 642. The minimum absolute atomic E-state index is 0.187. The molecular weight excluding hydrogens is 329 g/mol. The Morgan fingerprint density at radius 3 is 2.33 bits per heavy atom. The van der Waals surface area contributed by atoms with E-state index in [1.165, 1.54) is 12.1 Å². The molecule has 0 N–H and O–H groups in total. The number of likely N-dealkylation sites (N-methyl/N-ethyl adjacent to an activating group) is 1. The maximum Gasteiger partial charge on any atom is 0.282 e. The van der Waals surface area contributed by atoms with Crippen LogP contribution < -0.4 is 0 Å². The van der Waals surface area contributed by atoms with E-state index >= 15 is 0 Å². The van der Waals surface area contributed by atoms with Crippen LogP contribution >= 0.6 is 0 Å². The molecule has 1 aromatic rings. The molecule has 1 atom stereocenters. The van der Waals surface area contributed by atoms with Crippen molar-refractivity contribution in [1.82, 2.24) is 13.5 Å². The first kappa shape index (κ1) is 17.8. The molecule has 1 aromatic carbocycles. The van der Waals surface area contributed by atoms with Crippen LogP contribution in [0.25, 0.3) is 0 Å². The molecule has 0 spiro atoms. The second kappa shape index (κ2) is 7.47. The van der Waals surface area contributed by atoms with Gasteiger partial charge >= 0.3 is 0 Å². The van der Waals surface area contributed by atoms with Crippen molar-refractivity contribution in [1.29, 1.82) is 0 Å². The van der Waals surface area contributed by atoms with Crippen molar-refractivity contribution in [3.8, 4) is 0 Å². The lowest BCUT2D eigenvalue weighted by Crippen LogP contribution is -2.54. The van der Waals surface area contributed by atoms with Crippen LogP contribution in [0.15, 0.2) is 24.3 Å². The average molecular weight is 355 g/mol. The zero-order valence-electron chi connectivity index (χ0n) is 14.2. The number of piperazine rings is 1. The summed E-state index contributed by atoms with van der Waals surface area (Å²) in [6, 6.07) is 6.06. The van der Waals surface area contributed by atoms with Gasteiger partial charge in [0.15, 0.2) is 0 Å². The van der Waals surface area contributed by atoms with Crippen LogP contribution in [0.1, 0.15) is 37.8 Å². The van der Waals surface area contributed by atoms with Crippen molar-refractivity contribution in [2.45, 2.75) is 32.2 Å². The summed E-state index contributed by atoms with van der Waals surface area (Å²) in [5, 5.41) is 0. The topological polar surface area (TPSA) is 43.9 Å².